The molecule has 0 unspecified atom stereocenters. The summed E-state index contributed by atoms with van der Waals surface area (Å²) in [6, 6.07) is 11.3. The molecule has 3 aliphatic heterocycles. The number of nitrogens with zero attached hydrogens (tertiary/aromatic N) is 7. The van der Waals surface area contributed by atoms with Gasteiger partial charge in [0, 0.05) is 94.3 Å². The Morgan fingerprint density at radius 1 is 0.796 bits per heavy atom. The zero-order valence-corrected chi connectivity index (χ0v) is 30.2. The van der Waals surface area contributed by atoms with Crippen molar-refractivity contribution in [1.82, 2.24) is 33.5 Å². The van der Waals surface area contributed by atoms with Crippen LogP contribution in [0.1, 0.15) is 28.8 Å². The largest absolute Gasteiger partial charge is 0.492 e. The summed E-state index contributed by atoms with van der Waals surface area (Å²) in [6.45, 7) is 7.61. The summed E-state index contributed by atoms with van der Waals surface area (Å²) in [6.07, 6.45) is 11.8. The first-order valence-corrected chi connectivity index (χ1v) is 18.7. The SMILES string of the molecule is O=C1c2c(cc(-c3cnc4cc(OCCN5CCOCC5)ccn34)cc2OC(F)F)CCN1C1CC1.c1cn2ccc(OCCN3CCOCC3)cc2n1. The van der Waals surface area contributed by atoms with Gasteiger partial charge in [-0.2, -0.15) is 8.78 Å². The van der Waals surface area contributed by atoms with Crippen LogP contribution in [0.5, 0.6) is 17.2 Å². The van der Waals surface area contributed by atoms with Gasteiger partial charge in [0.25, 0.3) is 5.91 Å². The van der Waals surface area contributed by atoms with Crippen LogP contribution in [0.4, 0.5) is 8.78 Å². The van der Waals surface area contributed by atoms with E-state index in [1.165, 1.54) is 6.07 Å². The minimum absolute atomic E-state index is 0.0779. The van der Waals surface area contributed by atoms with Crippen LogP contribution >= 0.6 is 0 Å². The minimum atomic E-state index is -3.02. The lowest BCUT2D eigenvalue weighted by Gasteiger charge is -2.30. The van der Waals surface area contributed by atoms with Crippen LogP contribution < -0.4 is 14.2 Å². The molecule has 2 saturated heterocycles. The van der Waals surface area contributed by atoms with Gasteiger partial charge < -0.3 is 33.0 Å². The van der Waals surface area contributed by atoms with Crippen LogP contribution in [-0.4, -0.2) is 137 Å². The number of pyridine rings is 2. The van der Waals surface area contributed by atoms with Crippen LogP contribution in [0.3, 0.4) is 0 Å². The van der Waals surface area contributed by atoms with Crippen molar-refractivity contribution in [3.8, 4) is 28.5 Å². The highest BCUT2D eigenvalue weighted by atomic mass is 19.3. The van der Waals surface area contributed by atoms with Gasteiger partial charge in [0.15, 0.2) is 0 Å². The maximum atomic E-state index is 13.3. The van der Waals surface area contributed by atoms with E-state index in [0.29, 0.717) is 43.1 Å². The number of hydrogen-bond donors (Lipinski definition) is 0. The molecule has 0 spiro atoms. The lowest BCUT2D eigenvalue weighted by molar-refractivity contribution is -0.0503. The van der Waals surface area contributed by atoms with Crippen molar-refractivity contribution in [2.24, 2.45) is 0 Å². The number of rotatable bonds is 12. The normalized spacial score (nSPS) is 18.1. The average Bonchev–Trinajstić information content (AvgIpc) is 3.76. The molecule has 286 valence electrons. The van der Waals surface area contributed by atoms with Gasteiger partial charge in [-0.1, -0.05) is 0 Å². The molecular formula is C39H45F2N7O6. The smallest absolute Gasteiger partial charge is 0.387 e. The molecule has 7 heterocycles. The van der Waals surface area contributed by atoms with Crippen molar-refractivity contribution in [3.63, 3.8) is 0 Å². The first-order chi connectivity index (χ1) is 26.5. The van der Waals surface area contributed by atoms with E-state index in [2.05, 4.69) is 19.8 Å². The van der Waals surface area contributed by atoms with Gasteiger partial charge in [-0.25, -0.2) is 9.97 Å². The molecule has 0 radical (unpaired) electrons. The number of benzene rings is 1. The van der Waals surface area contributed by atoms with Gasteiger partial charge in [0.05, 0.1) is 43.9 Å². The summed E-state index contributed by atoms with van der Waals surface area (Å²) in [7, 11) is 0. The van der Waals surface area contributed by atoms with E-state index in [1.54, 1.807) is 17.3 Å². The van der Waals surface area contributed by atoms with E-state index in [0.717, 1.165) is 101 Å². The fourth-order valence-corrected chi connectivity index (χ4v) is 7.15. The highest BCUT2D eigenvalue weighted by Gasteiger charge is 2.38. The molecule has 0 atom stereocenters. The van der Waals surface area contributed by atoms with Crippen molar-refractivity contribution in [2.75, 3.05) is 85.5 Å². The van der Waals surface area contributed by atoms with Crippen molar-refractivity contribution < 1.29 is 37.3 Å². The van der Waals surface area contributed by atoms with Gasteiger partial charge in [-0.3, -0.25) is 19.0 Å². The number of carbonyl (C=O) groups excluding carboxylic acids is 1. The van der Waals surface area contributed by atoms with E-state index in [9.17, 15) is 13.6 Å². The Labute approximate surface area is 311 Å². The first kappa shape index (κ1) is 36.2. The maximum Gasteiger partial charge on any atom is 0.387 e. The Morgan fingerprint density at radius 2 is 1.46 bits per heavy atom. The number of ether oxygens (including phenoxy) is 5. The molecular weight excluding hydrogens is 700 g/mol. The molecule has 15 heteroatoms. The minimum Gasteiger partial charge on any atom is -0.492 e. The highest BCUT2D eigenvalue weighted by Crippen LogP contribution is 2.38. The van der Waals surface area contributed by atoms with E-state index >= 15 is 0 Å². The number of halogens is 2. The lowest BCUT2D eigenvalue weighted by atomic mass is 9.94. The molecule has 9 rings (SSSR count). The molecule has 4 aromatic heterocycles. The monoisotopic (exact) mass is 745 g/mol. The molecule has 3 fully saturated rings. The predicted octanol–water partition coefficient (Wildman–Crippen LogP) is 4.52. The van der Waals surface area contributed by atoms with E-state index < -0.39 is 6.61 Å². The predicted molar refractivity (Wildman–Crippen MR) is 196 cm³/mol. The zero-order chi connectivity index (χ0) is 36.9. The Morgan fingerprint density at radius 3 is 2.13 bits per heavy atom. The molecule has 0 N–H and O–H groups in total. The third-order valence-corrected chi connectivity index (χ3v) is 10.2. The molecule has 1 aliphatic carbocycles. The summed E-state index contributed by atoms with van der Waals surface area (Å²) in [5, 5.41) is 0. The fourth-order valence-electron chi connectivity index (χ4n) is 7.15. The van der Waals surface area contributed by atoms with E-state index in [-0.39, 0.29) is 23.3 Å². The second-order valence-corrected chi connectivity index (χ2v) is 13.8. The number of amides is 1. The molecule has 1 saturated carbocycles. The van der Waals surface area contributed by atoms with Gasteiger partial charge in [-0.05, 0) is 49.1 Å². The quantitative estimate of drug-likeness (QED) is 0.181. The zero-order valence-electron chi connectivity index (χ0n) is 30.2. The van der Waals surface area contributed by atoms with Gasteiger partial charge in [0.1, 0.15) is 41.8 Å². The summed E-state index contributed by atoms with van der Waals surface area (Å²) in [5.74, 6) is 1.29. The summed E-state index contributed by atoms with van der Waals surface area (Å²) in [5.41, 5.74) is 3.97. The van der Waals surface area contributed by atoms with Crippen molar-refractivity contribution in [3.05, 3.63) is 78.5 Å². The van der Waals surface area contributed by atoms with Crippen molar-refractivity contribution >= 4 is 17.2 Å². The fraction of sp³-hybridized carbons (Fsp3) is 0.462. The van der Waals surface area contributed by atoms with Crippen LogP contribution in [-0.2, 0) is 15.9 Å². The molecule has 4 aliphatic rings. The second kappa shape index (κ2) is 16.7. The molecule has 54 heavy (non-hydrogen) atoms. The summed E-state index contributed by atoms with van der Waals surface area (Å²) in [4.78, 5) is 28.3. The third kappa shape index (κ3) is 8.59. The van der Waals surface area contributed by atoms with Gasteiger partial charge >= 0.3 is 6.61 Å². The number of imidazole rings is 2. The van der Waals surface area contributed by atoms with Crippen LogP contribution in [0, 0.1) is 0 Å². The third-order valence-electron chi connectivity index (χ3n) is 10.2. The van der Waals surface area contributed by atoms with Crippen molar-refractivity contribution in [2.45, 2.75) is 31.9 Å². The summed E-state index contributed by atoms with van der Waals surface area (Å²) < 4.78 is 57.6. The number of alkyl halides is 2. The number of aromatic nitrogens is 4. The summed E-state index contributed by atoms with van der Waals surface area (Å²) >= 11 is 0. The van der Waals surface area contributed by atoms with Crippen LogP contribution in [0.15, 0.2) is 67.4 Å². The first-order valence-electron chi connectivity index (χ1n) is 18.7. The lowest BCUT2D eigenvalue weighted by Crippen LogP contribution is -2.39. The Balaban J connectivity index is 0.000000192. The Bertz CT molecular complexity index is 2040. The number of morpholine rings is 2. The van der Waals surface area contributed by atoms with Crippen molar-refractivity contribution in [1.29, 1.82) is 0 Å². The second-order valence-electron chi connectivity index (χ2n) is 13.8. The molecule has 1 amide bonds. The average molecular weight is 746 g/mol. The highest BCUT2D eigenvalue weighted by molar-refractivity contribution is 6.00. The number of fused-ring (bicyclic) bond motifs is 3. The van der Waals surface area contributed by atoms with Crippen LogP contribution in [0.2, 0.25) is 0 Å². The molecule has 5 aromatic rings. The maximum absolute atomic E-state index is 13.3. The standard InChI is InChI=1S/C26H28F2N4O4.C13H17N3O2/c27-26(28)36-22-14-18(13-17-3-5-31(19-1-2-19)25(33)24(17)22)21-16-29-23-15-20(4-6-32(21)23)35-12-9-30-7-10-34-11-8-30;1-3-16-4-2-14-13(16)11-12(1)18-10-7-15-5-8-17-9-6-15/h4,6,13-16,19,26H,1-3,5,7-12H2;1-4,11H,5-10H2. The molecule has 13 nitrogen and oxygen atoms in total. The Kier molecular flexibility index (Phi) is 11.2. The Hall–Kier alpha value is -4.83. The van der Waals surface area contributed by atoms with Crippen LogP contribution in [0.25, 0.3) is 22.6 Å². The van der Waals surface area contributed by atoms with E-state index in [4.69, 9.17) is 23.7 Å². The number of hydrogen-bond acceptors (Lipinski definition) is 10. The molecule has 1 aromatic carbocycles. The topological polar surface area (TPSA) is 108 Å². The number of carbonyl (C=O) groups is 1. The van der Waals surface area contributed by atoms with Gasteiger partial charge in [0.2, 0.25) is 0 Å². The van der Waals surface area contributed by atoms with Gasteiger partial charge in [-0.15, -0.1) is 0 Å². The molecule has 0 bridgehead atoms. The van der Waals surface area contributed by atoms with E-state index in [1.807, 2.05) is 57.7 Å².